The van der Waals surface area contributed by atoms with E-state index in [-0.39, 0.29) is 0 Å². The van der Waals surface area contributed by atoms with Crippen LogP contribution in [0.3, 0.4) is 0 Å². The van der Waals surface area contributed by atoms with Gasteiger partial charge in [-0.2, -0.15) is 0 Å². The first kappa shape index (κ1) is 7.47. The fraction of sp³-hybridized carbons (Fsp3) is 0.833. The van der Waals surface area contributed by atoms with Gasteiger partial charge in [0.2, 0.25) is 5.84 Å². The number of rotatable bonds is 1. The van der Waals surface area contributed by atoms with E-state index < -0.39 is 0 Å². The monoisotopic (exact) mass is 115 g/mol. The molecule has 2 nitrogen and oxygen atoms in total. The summed E-state index contributed by atoms with van der Waals surface area (Å²) >= 11 is 0. The summed E-state index contributed by atoms with van der Waals surface area (Å²) in [5.41, 5.74) is 0. The maximum Gasteiger partial charge on any atom is 0.241 e. The highest BCUT2D eigenvalue weighted by Gasteiger charge is 1.93. The van der Waals surface area contributed by atoms with Gasteiger partial charge in [-0.25, -0.2) is 0 Å². The zero-order chi connectivity index (χ0) is 6.57. The van der Waals surface area contributed by atoms with E-state index in [1.165, 1.54) is 5.84 Å². The Bertz CT molecular complexity index is 82.7. The van der Waals surface area contributed by atoms with Crippen molar-refractivity contribution >= 4 is 5.84 Å². The van der Waals surface area contributed by atoms with Gasteiger partial charge in [-0.3, -0.25) is 9.89 Å². The third kappa shape index (κ3) is 1.96. The van der Waals surface area contributed by atoms with Crippen molar-refractivity contribution in [1.29, 1.82) is 0 Å². The molecule has 0 atom stereocenters. The maximum absolute atomic E-state index is 3.06. The first-order valence-corrected chi connectivity index (χ1v) is 2.94. The molecule has 0 spiro atoms. The first-order valence-electron chi connectivity index (χ1n) is 2.94. The minimum absolute atomic E-state index is 1.06. The fourth-order valence-electron chi connectivity index (χ4n) is 0.428. The summed E-state index contributed by atoms with van der Waals surface area (Å²) in [6.45, 7) is 5.25. The Kier molecular flexibility index (Phi) is 3.24. The Morgan fingerprint density at radius 1 is 1.62 bits per heavy atom. The van der Waals surface area contributed by atoms with Gasteiger partial charge in [0, 0.05) is 6.92 Å². The van der Waals surface area contributed by atoms with Crippen molar-refractivity contribution in [2.45, 2.75) is 13.8 Å². The van der Waals surface area contributed by atoms with Crippen LogP contribution >= 0.6 is 0 Å². The van der Waals surface area contributed by atoms with E-state index in [1.807, 2.05) is 7.05 Å². The van der Waals surface area contributed by atoms with Crippen molar-refractivity contribution in [3.8, 4) is 0 Å². The van der Waals surface area contributed by atoms with Crippen LogP contribution in [0.4, 0.5) is 0 Å². The van der Waals surface area contributed by atoms with Crippen molar-refractivity contribution in [3.05, 3.63) is 0 Å². The average molecular weight is 115 g/mol. The van der Waals surface area contributed by atoms with Crippen LogP contribution in [0.1, 0.15) is 13.8 Å². The van der Waals surface area contributed by atoms with Crippen LogP contribution in [0.15, 0.2) is 0 Å². The van der Waals surface area contributed by atoms with Crippen molar-refractivity contribution in [2.75, 3.05) is 20.6 Å². The third-order valence-corrected chi connectivity index (χ3v) is 1.41. The Morgan fingerprint density at radius 2 is 2.12 bits per heavy atom. The molecule has 2 heteroatoms. The molecule has 0 amide bonds. The number of amidine groups is 1. The molecular weight excluding hydrogens is 100 g/mol. The van der Waals surface area contributed by atoms with Gasteiger partial charge >= 0.3 is 0 Å². The lowest BCUT2D eigenvalue weighted by molar-refractivity contribution is -0.495. The van der Waals surface area contributed by atoms with E-state index in [0.29, 0.717) is 0 Å². The number of nitrogens with one attached hydrogen (secondary N) is 1. The minimum atomic E-state index is 1.06. The summed E-state index contributed by atoms with van der Waals surface area (Å²) in [7, 11) is 3.99. The first-order chi connectivity index (χ1) is 3.72. The molecule has 0 heterocycles. The summed E-state index contributed by atoms with van der Waals surface area (Å²) in [5.74, 6) is 1.22. The molecule has 0 saturated heterocycles. The molecule has 0 aliphatic carbocycles. The second-order valence-electron chi connectivity index (χ2n) is 1.85. The van der Waals surface area contributed by atoms with Crippen LogP contribution in [0, 0.1) is 0 Å². The van der Waals surface area contributed by atoms with Gasteiger partial charge in [0.1, 0.15) is 0 Å². The molecule has 0 aromatic heterocycles. The molecule has 1 N–H and O–H groups in total. The second kappa shape index (κ2) is 3.47. The molecule has 0 bridgehead atoms. The van der Waals surface area contributed by atoms with Crippen molar-refractivity contribution in [3.63, 3.8) is 0 Å². The van der Waals surface area contributed by atoms with E-state index >= 15 is 0 Å². The SMILES string of the molecule is CC[N+](C)=C(C)NC. The van der Waals surface area contributed by atoms with Crippen molar-refractivity contribution in [1.82, 2.24) is 5.32 Å². The van der Waals surface area contributed by atoms with E-state index in [2.05, 4.69) is 30.8 Å². The molecule has 0 fully saturated rings. The maximum atomic E-state index is 3.06. The molecule has 0 aromatic carbocycles. The molecule has 8 heavy (non-hydrogen) atoms. The lowest BCUT2D eigenvalue weighted by Crippen LogP contribution is -2.25. The summed E-state index contributed by atoms with van der Waals surface area (Å²) in [6.07, 6.45) is 0. The van der Waals surface area contributed by atoms with Crippen molar-refractivity contribution < 1.29 is 4.58 Å². The number of hydrogen-bond acceptors (Lipinski definition) is 0. The summed E-state index contributed by atoms with van der Waals surface area (Å²) in [6, 6.07) is 0. The molecule has 0 rings (SSSR count). The largest absolute Gasteiger partial charge is 0.281 e. The van der Waals surface area contributed by atoms with E-state index in [4.69, 9.17) is 0 Å². The Labute approximate surface area is 51.2 Å². The van der Waals surface area contributed by atoms with Gasteiger partial charge in [-0.05, 0) is 6.92 Å². The smallest absolute Gasteiger partial charge is 0.241 e. The Hall–Kier alpha value is -0.530. The molecule has 0 aliphatic rings. The average Bonchev–Trinajstić information content (AvgIpc) is 1.84. The molecule has 0 aliphatic heterocycles. The van der Waals surface area contributed by atoms with Gasteiger partial charge in [-0.1, -0.05) is 0 Å². The normalized spacial score (nSPS) is 13.0. The van der Waals surface area contributed by atoms with E-state index in [0.717, 1.165) is 6.54 Å². The molecule has 0 saturated carbocycles. The van der Waals surface area contributed by atoms with Crippen LogP contribution in [0.5, 0.6) is 0 Å². The highest BCUT2D eigenvalue weighted by Crippen LogP contribution is 1.68. The number of nitrogens with zero attached hydrogens (tertiary/aromatic N) is 1. The van der Waals surface area contributed by atoms with E-state index in [1.54, 1.807) is 0 Å². The van der Waals surface area contributed by atoms with Crippen LogP contribution in [-0.2, 0) is 0 Å². The molecular formula is C6H15N2+. The van der Waals surface area contributed by atoms with Gasteiger partial charge in [-0.15, -0.1) is 0 Å². The quantitative estimate of drug-likeness (QED) is 0.295. The molecule has 48 valence electrons. The van der Waals surface area contributed by atoms with E-state index in [9.17, 15) is 0 Å². The van der Waals surface area contributed by atoms with Gasteiger partial charge < -0.3 is 0 Å². The topological polar surface area (TPSA) is 15.0 Å². The lowest BCUT2D eigenvalue weighted by Gasteiger charge is -1.97. The number of hydrogen-bond donors (Lipinski definition) is 1. The highest BCUT2D eigenvalue weighted by molar-refractivity contribution is 5.73. The Morgan fingerprint density at radius 3 is 2.25 bits per heavy atom. The summed E-state index contributed by atoms with van der Waals surface area (Å²) in [5, 5.41) is 3.06. The zero-order valence-corrected chi connectivity index (χ0v) is 6.15. The minimum Gasteiger partial charge on any atom is -0.281 e. The summed E-state index contributed by atoms with van der Waals surface area (Å²) in [4.78, 5) is 0. The molecule has 0 radical (unpaired) electrons. The predicted molar refractivity (Wildman–Crippen MR) is 36.5 cm³/mol. The molecule has 0 unspecified atom stereocenters. The third-order valence-electron chi connectivity index (χ3n) is 1.41. The summed E-state index contributed by atoms with van der Waals surface area (Å²) < 4.78 is 2.15. The lowest BCUT2D eigenvalue weighted by atomic mass is 10.6. The van der Waals surface area contributed by atoms with Crippen molar-refractivity contribution in [2.24, 2.45) is 0 Å². The van der Waals surface area contributed by atoms with Crippen LogP contribution in [0.25, 0.3) is 0 Å². The molecule has 0 aromatic rings. The van der Waals surface area contributed by atoms with Gasteiger partial charge in [0.05, 0.1) is 20.6 Å². The Balaban J connectivity index is 3.83. The van der Waals surface area contributed by atoms with Gasteiger partial charge in [0.25, 0.3) is 0 Å². The standard InChI is InChI=1S/C6H14N2/c1-5-8(4)6(2)7-3/h5H2,1-4H3/p+1. The second-order valence-corrected chi connectivity index (χ2v) is 1.85. The fourth-order valence-corrected chi connectivity index (χ4v) is 0.428. The van der Waals surface area contributed by atoms with Crippen LogP contribution < -0.4 is 5.32 Å². The highest BCUT2D eigenvalue weighted by atomic mass is 15.1. The van der Waals surface area contributed by atoms with Crippen LogP contribution in [0.2, 0.25) is 0 Å². The zero-order valence-electron chi connectivity index (χ0n) is 6.15. The van der Waals surface area contributed by atoms with Gasteiger partial charge in [0.15, 0.2) is 0 Å². The van der Waals surface area contributed by atoms with Crippen LogP contribution in [-0.4, -0.2) is 31.1 Å². The predicted octanol–water partition coefficient (Wildman–Crippen LogP) is 0.286.